The summed E-state index contributed by atoms with van der Waals surface area (Å²) in [5, 5.41) is 41.2. The molecule has 1 aromatic rings. The van der Waals surface area contributed by atoms with Crippen LogP contribution in [0.5, 0.6) is 0 Å². The molecule has 0 bridgehead atoms. The summed E-state index contributed by atoms with van der Waals surface area (Å²) in [4.78, 5) is 134. The van der Waals surface area contributed by atoms with Crippen molar-refractivity contribution in [1.29, 1.82) is 0 Å². The molecular formula is C46H74N10O12S2. The van der Waals surface area contributed by atoms with Crippen LogP contribution >= 0.6 is 23.5 Å². The summed E-state index contributed by atoms with van der Waals surface area (Å²) in [5.41, 5.74) is 12.0. The number of aliphatic hydroxyl groups is 1. The van der Waals surface area contributed by atoms with Crippen molar-refractivity contribution >= 4 is 82.7 Å². The van der Waals surface area contributed by atoms with Gasteiger partial charge in [0.15, 0.2) is 0 Å². The van der Waals surface area contributed by atoms with Gasteiger partial charge in [-0.15, -0.1) is 0 Å². The van der Waals surface area contributed by atoms with Crippen LogP contribution in [-0.4, -0.2) is 153 Å². The number of nitrogens with one attached hydrogen (secondary N) is 8. The van der Waals surface area contributed by atoms with Crippen molar-refractivity contribution in [1.82, 2.24) is 42.5 Å². The molecule has 1 saturated heterocycles. The molecule has 14 N–H and O–H groups in total. The molecule has 1 aliphatic rings. The van der Waals surface area contributed by atoms with Crippen molar-refractivity contribution in [2.24, 2.45) is 23.3 Å². The third-order valence-electron chi connectivity index (χ3n) is 11.5. The zero-order valence-corrected chi connectivity index (χ0v) is 42.5. The van der Waals surface area contributed by atoms with Gasteiger partial charge in [-0.3, -0.25) is 47.9 Å². The molecule has 1 aromatic carbocycles. The lowest BCUT2D eigenvalue weighted by atomic mass is 9.96. The van der Waals surface area contributed by atoms with Crippen LogP contribution in [-0.2, 0) is 54.4 Å². The molecule has 10 atom stereocenters. The molecule has 0 spiro atoms. The van der Waals surface area contributed by atoms with E-state index in [9.17, 15) is 58.2 Å². The summed E-state index contributed by atoms with van der Waals surface area (Å²) >= 11 is 2.41. The van der Waals surface area contributed by atoms with Crippen LogP contribution in [0, 0.1) is 11.8 Å². The Balaban J connectivity index is 2.64. The Kier molecular flexibility index (Phi) is 27.5. The molecule has 1 aliphatic heterocycles. The third kappa shape index (κ3) is 21.7. The summed E-state index contributed by atoms with van der Waals surface area (Å²) in [6.45, 7) is 9.75. The zero-order chi connectivity index (χ0) is 52.5. The molecule has 0 aliphatic carbocycles. The maximum atomic E-state index is 14.3. The number of carboxylic acids is 1. The highest BCUT2D eigenvalue weighted by atomic mass is 32.2. The molecule has 70 heavy (non-hydrogen) atoms. The van der Waals surface area contributed by atoms with E-state index in [0.29, 0.717) is 37.3 Å². The molecule has 9 amide bonds. The van der Waals surface area contributed by atoms with Crippen molar-refractivity contribution in [3.63, 3.8) is 0 Å². The van der Waals surface area contributed by atoms with Gasteiger partial charge in [-0.1, -0.05) is 64.4 Å². The second-order valence-corrected chi connectivity index (χ2v) is 19.9. The van der Waals surface area contributed by atoms with Gasteiger partial charge in [-0.05, 0) is 69.4 Å². The Labute approximate surface area is 418 Å². The van der Waals surface area contributed by atoms with Crippen LogP contribution in [0.25, 0.3) is 0 Å². The molecule has 392 valence electrons. The summed E-state index contributed by atoms with van der Waals surface area (Å²) in [7, 11) is 0. The number of carbonyl (C=O) groups excluding carboxylic acids is 9. The van der Waals surface area contributed by atoms with E-state index in [0.717, 1.165) is 5.56 Å². The highest BCUT2D eigenvalue weighted by Gasteiger charge is 2.37. The fourth-order valence-electron chi connectivity index (χ4n) is 7.12. The minimum atomic E-state index is -1.65. The average Bonchev–Trinajstić information content (AvgIpc) is 3.30. The average molecular weight is 1020 g/mol. The zero-order valence-electron chi connectivity index (χ0n) is 40.9. The number of amides is 9. The molecule has 0 aromatic heterocycles. The number of thioether (sulfide) groups is 2. The molecule has 22 nitrogen and oxygen atoms in total. The fourth-order valence-corrected chi connectivity index (χ4v) is 9.34. The van der Waals surface area contributed by atoms with Gasteiger partial charge < -0.3 is 64.2 Å². The van der Waals surface area contributed by atoms with E-state index < -0.39 is 126 Å². The van der Waals surface area contributed by atoms with E-state index in [4.69, 9.17) is 11.5 Å². The monoisotopic (exact) mass is 1020 g/mol. The minimum absolute atomic E-state index is 0.00435. The first-order valence-corrected chi connectivity index (χ1v) is 25.9. The summed E-state index contributed by atoms with van der Waals surface area (Å²) in [6.07, 6.45) is -0.651. The highest BCUT2D eigenvalue weighted by molar-refractivity contribution is 8.03. The molecule has 24 heteroatoms. The first kappa shape index (κ1) is 60.7. The van der Waals surface area contributed by atoms with Gasteiger partial charge in [0.1, 0.15) is 48.3 Å². The molecule has 0 unspecified atom stereocenters. The largest absolute Gasteiger partial charge is 0.481 e. The molecule has 1 heterocycles. The van der Waals surface area contributed by atoms with Gasteiger partial charge in [-0.2, -0.15) is 23.5 Å². The van der Waals surface area contributed by atoms with Gasteiger partial charge in [0.25, 0.3) is 0 Å². The minimum Gasteiger partial charge on any atom is -0.481 e. The number of primary amides is 1. The number of carbonyl (C=O) groups is 10. The molecule has 0 saturated carbocycles. The smallest absolute Gasteiger partial charge is 0.303 e. The van der Waals surface area contributed by atoms with Crippen LogP contribution in [0.1, 0.15) is 92.1 Å². The molecule has 0 radical (unpaired) electrons. The number of hydrogen-bond donors (Lipinski definition) is 12. The Hall–Kier alpha value is -5.46. The predicted octanol–water partition coefficient (Wildman–Crippen LogP) is -1.44. The van der Waals surface area contributed by atoms with Crippen LogP contribution in [0.2, 0.25) is 0 Å². The molecule has 1 fully saturated rings. The van der Waals surface area contributed by atoms with E-state index in [1.165, 1.54) is 37.4 Å². The number of rotatable bonds is 22. The summed E-state index contributed by atoms with van der Waals surface area (Å²) in [6, 6.07) is -1.48. The number of aryl methyl sites for hydroxylation is 1. The van der Waals surface area contributed by atoms with Crippen LogP contribution < -0.4 is 54.0 Å². The van der Waals surface area contributed by atoms with Gasteiger partial charge in [0.05, 0.1) is 6.10 Å². The number of aliphatic hydroxyl groups excluding tert-OH is 1. The number of unbranched alkanes of at least 4 members (excludes halogenated alkanes) is 1. The van der Waals surface area contributed by atoms with E-state index in [1.807, 2.05) is 12.1 Å². The fraction of sp³-hybridized carbons (Fsp3) is 0.652. The van der Waals surface area contributed by atoms with Crippen molar-refractivity contribution in [3.05, 3.63) is 35.9 Å². The van der Waals surface area contributed by atoms with Gasteiger partial charge in [-0.25, -0.2) is 0 Å². The van der Waals surface area contributed by atoms with E-state index >= 15 is 0 Å². The number of nitrogens with two attached hydrogens (primary N) is 2. The lowest BCUT2D eigenvalue weighted by Gasteiger charge is -2.30. The van der Waals surface area contributed by atoms with Crippen LogP contribution in [0.15, 0.2) is 30.3 Å². The predicted molar refractivity (Wildman–Crippen MR) is 265 cm³/mol. The standard InChI is InChI=1S/C46H74N10O12S2/c1-7-26(4)37-45(67)54-33(42(64)50-30(39(48)61)18-19-35(59)60)23-69-21-22-70-24-34(53-40(62)31(15-11-12-20-47)51-44(66)36(25(2)3)49-28(6)58)43(65)56-38(27(5)57)46(68)52-32(41(63)55-37)17-16-29-13-9-8-10-14-29/h8-10,13-14,25-27,30-34,36-38,57H,7,11-12,15-24,47H2,1-6H3,(H2,48,61)(H,49,58)(H,50,64)(H,51,66)(H,52,68)(H,53,62)(H,54,67)(H,55,63)(H,56,65)(H,59,60)/t26-,27+,30-,31-,32-,33-,34-,36-,37-,38-/m0/s1. The van der Waals surface area contributed by atoms with E-state index in [1.54, 1.807) is 45.9 Å². The van der Waals surface area contributed by atoms with E-state index in [-0.39, 0.29) is 43.1 Å². The van der Waals surface area contributed by atoms with Crippen molar-refractivity contribution in [3.8, 4) is 0 Å². The number of benzene rings is 1. The Morgan fingerprint density at radius 1 is 0.771 bits per heavy atom. The van der Waals surface area contributed by atoms with Crippen molar-refractivity contribution < 1.29 is 58.2 Å². The van der Waals surface area contributed by atoms with Gasteiger partial charge >= 0.3 is 5.97 Å². The SMILES string of the molecule is CC[C@H](C)[C@@H]1NC(=O)[C@H](CCc2ccccc2)NC(=O)[C@H]([C@@H](C)O)NC(=O)[C@@H](NC(=O)[C@H](CCCCN)NC(=O)[C@@H](NC(C)=O)C(C)C)CSCCSC[C@@H](C(=O)N[C@@H](CCC(=O)O)C(N)=O)NC1=O. The first-order valence-electron chi connectivity index (χ1n) is 23.6. The summed E-state index contributed by atoms with van der Waals surface area (Å²) in [5.74, 6) is -8.74. The van der Waals surface area contributed by atoms with Crippen LogP contribution in [0.4, 0.5) is 0 Å². The van der Waals surface area contributed by atoms with E-state index in [2.05, 4.69) is 42.5 Å². The van der Waals surface area contributed by atoms with Crippen molar-refractivity contribution in [2.75, 3.05) is 29.6 Å². The first-order chi connectivity index (χ1) is 33.1. The van der Waals surface area contributed by atoms with Gasteiger partial charge in [0, 0.05) is 36.4 Å². The molecular weight excluding hydrogens is 949 g/mol. The highest BCUT2D eigenvalue weighted by Crippen LogP contribution is 2.16. The quantitative estimate of drug-likeness (QED) is 0.0592. The lowest BCUT2D eigenvalue weighted by Crippen LogP contribution is -2.62. The lowest BCUT2D eigenvalue weighted by molar-refractivity contribution is -0.138. The second-order valence-electron chi connectivity index (χ2n) is 17.6. The second kappa shape index (κ2) is 31.7. The Morgan fingerprint density at radius 2 is 1.40 bits per heavy atom. The topological polar surface area (TPSA) is 359 Å². The maximum absolute atomic E-state index is 14.3. The van der Waals surface area contributed by atoms with Gasteiger partial charge in [0.2, 0.25) is 53.2 Å². The Morgan fingerprint density at radius 3 is 1.97 bits per heavy atom. The number of aliphatic carboxylic acids is 1. The summed E-state index contributed by atoms with van der Waals surface area (Å²) < 4.78 is 0. The normalized spacial score (nSPS) is 22.0. The maximum Gasteiger partial charge on any atom is 0.303 e. The Bertz CT molecular complexity index is 1930. The third-order valence-corrected chi connectivity index (χ3v) is 13.8. The van der Waals surface area contributed by atoms with Crippen molar-refractivity contribution in [2.45, 2.75) is 147 Å². The van der Waals surface area contributed by atoms with Crippen LogP contribution in [0.3, 0.4) is 0 Å². The molecule has 2 rings (SSSR count). The number of carboxylic acid groups (broad SMARTS) is 1. The number of hydrogen-bond acceptors (Lipinski definition) is 14.